The number of aliphatic hydroxyl groups is 1. The van der Waals surface area contributed by atoms with Gasteiger partial charge in [0, 0.05) is 4.47 Å². The molecule has 0 heterocycles. The third-order valence-corrected chi connectivity index (χ3v) is 3.18. The van der Waals surface area contributed by atoms with Crippen LogP contribution in [0.4, 0.5) is 4.39 Å². The fourth-order valence-corrected chi connectivity index (χ4v) is 2.16. The van der Waals surface area contributed by atoms with Gasteiger partial charge in [0.05, 0.1) is 12.1 Å². The average molecular weight is 341 g/mol. The Labute approximate surface area is 122 Å². The van der Waals surface area contributed by atoms with Gasteiger partial charge in [-0.2, -0.15) is 0 Å². The number of rotatable bonds is 5. The first kappa shape index (κ1) is 17.8. The van der Waals surface area contributed by atoms with Crippen LogP contribution in [-0.4, -0.2) is 11.2 Å². The first-order chi connectivity index (χ1) is 7.90. The molecule has 1 aromatic carbocycles. The van der Waals surface area contributed by atoms with Crippen LogP contribution < -0.4 is 5.73 Å². The maximum Gasteiger partial charge on any atom is 0.124 e. The molecule has 0 amide bonds. The lowest BCUT2D eigenvalue weighted by Crippen LogP contribution is -2.26. The second-order valence-electron chi connectivity index (χ2n) is 4.77. The summed E-state index contributed by atoms with van der Waals surface area (Å²) in [5.41, 5.74) is 6.54. The van der Waals surface area contributed by atoms with Gasteiger partial charge in [0.1, 0.15) is 5.82 Å². The lowest BCUT2D eigenvalue weighted by Gasteiger charge is -2.20. The smallest absolute Gasteiger partial charge is 0.124 e. The molecule has 0 saturated carbocycles. The van der Waals surface area contributed by atoms with Gasteiger partial charge in [-0.15, -0.1) is 12.4 Å². The van der Waals surface area contributed by atoms with Crippen molar-refractivity contribution in [2.75, 3.05) is 0 Å². The van der Waals surface area contributed by atoms with Crippen LogP contribution in [0.5, 0.6) is 0 Å². The monoisotopic (exact) mass is 339 g/mol. The fourth-order valence-electron chi connectivity index (χ4n) is 1.67. The lowest BCUT2D eigenvalue weighted by atomic mass is 9.96. The van der Waals surface area contributed by atoms with Crippen molar-refractivity contribution in [2.45, 2.75) is 38.8 Å². The van der Waals surface area contributed by atoms with E-state index in [4.69, 9.17) is 5.73 Å². The molecule has 0 bridgehead atoms. The molecule has 1 aromatic rings. The molecule has 3 N–H and O–H groups in total. The predicted molar refractivity (Wildman–Crippen MR) is 78.4 cm³/mol. The molecule has 2 nitrogen and oxygen atoms in total. The maximum atomic E-state index is 13.2. The summed E-state index contributed by atoms with van der Waals surface area (Å²) < 4.78 is 13.8. The summed E-state index contributed by atoms with van der Waals surface area (Å²) in [4.78, 5) is 0. The SMILES string of the molecule is CC(C)CC[C@@H](O)[C@@H](N)c1cc(F)cc(Br)c1.Cl. The van der Waals surface area contributed by atoms with Crippen LogP contribution in [0.25, 0.3) is 0 Å². The third kappa shape index (κ3) is 5.65. The van der Waals surface area contributed by atoms with Crippen molar-refractivity contribution in [1.82, 2.24) is 0 Å². The Kier molecular flexibility index (Phi) is 8.03. The fraction of sp³-hybridized carbons (Fsp3) is 0.538. The Morgan fingerprint density at radius 1 is 1.28 bits per heavy atom. The van der Waals surface area contributed by atoms with Crippen molar-refractivity contribution in [3.8, 4) is 0 Å². The molecule has 5 heteroatoms. The summed E-state index contributed by atoms with van der Waals surface area (Å²) in [6.07, 6.45) is 0.907. The van der Waals surface area contributed by atoms with Crippen LogP contribution in [0.3, 0.4) is 0 Å². The molecule has 0 aliphatic heterocycles. The van der Waals surface area contributed by atoms with E-state index in [9.17, 15) is 9.50 Å². The molecule has 18 heavy (non-hydrogen) atoms. The maximum absolute atomic E-state index is 13.2. The highest BCUT2D eigenvalue weighted by atomic mass is 79.9. The normalized spacial score (nSPS) is 14.2. The highest BCUT2D eigenvalue weighted by Gasteiger charge is 2.18. The summed E-state index contributed by atoms with van der Waals surface area (Å²) in [5.74, 6) is 0.178. The van der Waals surface area contributed by atoms with Gasteiger partial charge in [-0.25, -0.2) is 4.39 Å². The van der Waals surface area contributed by atoms with Crippen molar-refractivity contribution < 1.29 is 9.50 Å². The molecule has 0 aliphatic carbocycles. The van der Waals surface area contributed by atoms with Crippen LogP contribution in [0, 0.1) is 11.7 Å². The van der Waals surface area contributed by atoms with E-state index in [1.165, 1.54) is 12.1 Å². The van der Waals surface area contributed by atoms with Gasteiger partial charge in [-0.1, -0.05) is 29.8 Å². The zero-order chi connectivity index (χ0) is 13.0. The molecule has 0 aromatic heterocycles. The van der Waals surface area contributed by atoms with E-state index in [1.54, 1.807) is 6.07 Å². The number of aliphatic hydroxyl groups excluding tert-OH is 1. The van der Waals surface area contributed by atoms with Gasteiger partial charge in [0.25, 0.3) is 0 Å². The third-order valence-electron chi connectivity index (χ3n) is 2.72. The van der Waals surface area contributed by atoms with Crippen molar-refractivity contribution >= 4 is 28.3 Å². The highest BCUT2D eigenvalue weighted by molar-refractivity contribution is 9.10. The van der Waals surface area contributed by atoms with Gasteiger partial charge in [-0.3, -0.25) is 0 Å². The summed E-state index contributed by atoms with van der Waals surface area (Å²) in [7, 11) is 0. The van der Waals surface area contributed by atoms with E-state index in [2.05, 4.69) is 29.8 Å². The molecule has 2 atom stereocenters. The second kappa shape index (κ2) is 8.10. The largest absolute Gasteiger partial charge is 0.391 e. The number of hydrogen-bond acceptors (Lipinski definition) is 2. The first-order valence-electron chi connectivity index (χ1n) is 5.79. The molecule has 0 unspecified atom stereocenters. The molecule has 1 rings (SSSR count). The second-order valence-corrected chi connectivity index (χ2v) is 5.68. The molecule has 0 spiro atoms. The highest BCUT2D eigenvalue weighted by Crippen LogP contribution is 2.23. The van der Waals surface area contributed by atoms with Gasteiger partial charge in [0.15, 0.2) is 0 Å². The van der Waals surface area contributed by atoms with Gasteiger partial charge >= 0.3 is 0 Å². The average Bonchev–Trinajstić information content (AvgIpc) is 2.23. The predicted octanol–water partition coefficient (Wildman–Crippen LogP) is 3.81. The number of nitrogens with two attached hydrogens (primary N) is 1. The van der Waals surface area contributed by atoms with Crippen molar-refractivity contribution in [1.29, 1.82) is 0 Å². The summed E-state index contributed by atoms with van der Waals surface area (Å²) in [6.45, 7) is 4.19. The molecule has 104 valence electrons. The minimum atomic E-state index is -0.633. The zero-order valence-electron chi connectivity index (χ0n) is 10.6. The molecule has 0 fully saturated rings. The standard InChI is InChI=1S/C13H19BrFNO.ClH/c1-8(2)3-4-12(17)13(16)9-5-10(14)7-11(15)6-9;/h5-8,12-13,17H,3-4,16H2,1-2H3;1H/t12-,13+;/m1./s1. The Balaban J connectivity index is 0.00000289. The van der Waals surface area contributed by atoms with E-state index in [-0.39, 0.29) is 18.2 Å². The summed E-state index contributed by atoms with van der Waals surface area (Å²) in [5, 5.41) is 9.94. The van der Waals surface area contributed by atoms with Crippen LogP contribution >= 0.6 is 28.3 Å². The van der Waals surface area contributed by atoms with Crippen molar-refractivity contribution in [2.24, 2.45) is 11.7 Å². The Morgan fingerprint density at radius 3 is 2.39 bits per heavy atom. The number of halogens is 3. The number of benzene rings is 1. The van der Waals surface area contributed by atoms with E-state index < -0.39 is 12.1 Å². The first-order valence-corrected chi connectivity index (χ1v) is 6.59. The number of hydrogen-bond donors (Lipinski definition) is 2. The Morgan fingerprint density at radius 2 is 1.89 bits per heavy atom. The zero-order valence-corrected chi connectivity index (χ0v) is 13.0. The minimum Gasteiger partial charge on any atom is -0.391 e. The minimum absolute atomic E-state index is 0. The molecule has 0 aliphatic rings. The van der Waals surface area contributed by atoms with Crippen molar-refractivity contribution in [3.63, 3.8) is 0 Å². The molecular formula is C13H20BrClFNO. The molecule has 0 saturated heterocycles. The van der Waals surface area contributed by atoms with Crippen LogP contribution in [-0.2, 0) is 0 Å². The van der Waals surface area contributed by atoms with Gasteiger partial charge in [-0.05, 0) is 42.5 Å². The van der Waals surface area contributed by atoms with Crippen LogP contribution in [0.1, 0.15) is 38.3 Å². The lowest BCUT2D eigenvalue weighted by molar-refractivity contribution is 0.128. The van der Waals surface area contributed by atoms with E-state index in [0.717, 1.165) is 6.42 Å². The quantitative estimate of drug-likeness (QED) is 0.856. The Bertz CT molecular complexity index is 356. The van der Waals surface area contributed by atoms with Crippen LogP contribution in [0.15, 0.2) is 22.7 Å². The summed E-state index contributed by atoms with van der Waals surface area (Å²) in [6, 6.07) is 3.94. The van der Waals surface area contributed by atoms with E-state index in [0.29, 0.717) is 22.4 Å². The van der Waals surface area contributed by atoms with E-state index in [1.807, 2.05) is 0 Å². The summed E-state index contributed by atoms with van der Waals surface area (Å²) >= 11 is 3.22. The van der Waals surface area contributed by atoms with Gasteiger partial charge < -0.3 is 10.8 Å². The Hall–Kier alpha value is -0.160. The molecular weight excluding hydrogens is 321 g/mol. The van der Waals surface area contributed by atoms with Crippen LogP contribution in [0.2, 0.25) is 0 Å². The topological polar surface area (TPSA) is 46.2 Å². The molecule has 0 radical (unpaired) electrons. The van der Waals surface area contributed by atoms with Crippen molar-refractivity contribution in [3.05, 3.63) is 34.1 Å². The van der Waals surface area contributed by atoms with E-state index >= 15 is 0 Å². The van der Waals surface area contributed by atoms with Gasteiger partial charge in [0.2, 0.25) is 0 Å².